The number of rotatable bonds is 6. The van der Waals surface area contributed by atoms with E-state index in [-0.39, 0.29) is 11.4 Å². The van der Waals surface area contributed by atoms with Gasteiger partial charge in [-0.1, -0.05) is 13.0 Å². The Hall–Kier alpha value is -1.80. The summed E-state index contributed by atoms with van der Waals surface area (Å²) in [5, 5.41) is 3.73. The summed E-state index contributed by atoms with van der Waals surface area (Å²) in [6.45, 7) is 4.86. The highest BCUT2D eigenvalue weighted by Gasteiger charge is 2.29. The van der Waals surface area contributed by atoms with Gasteiger partial charge in [0.25, 0.3) is 0 Å². The molecule has 8 heteroatoms. The largest absolute Gasteiger partial charge is 0.325 e. The molecule has 5 nitrogen and oxygen atoms in total. The summed E-state index contributed by atoms with van der Waals surface area (Å²) in [6, 6.07) is 4.22. The molecule has 130 valence electrons. The van der Waals surface area contributed by atoms with Gasteiger partial charge in [0.15, 0.2) is 9.84 Å². The van der Waals surface area contributed by atoms with Crippen molar-refractivity contribution in [2.24, 2.45) is 0 Å². The number of aromatic nitrogens is 1. The van der Waals surface area contributed by atoms with Crippen LogP contribution in [0.15, 0.2) is 23.6 Å². The Balaban J connectivity index is 2.08. The maximum atomic E-state index is 13.5. The SMILES string of the molecule is CCc1nc(CS(=O)(=O)C(C)C(=O)Nc2ccc(C)c(F)c2)cs1. The second-order valence-corrected chi connectivity index (χ2v) is 8.75. The number of thiazole rings is 1. The van der Waals surface area contributed by atoms with Crippen LogP contribution in [0.3, 0.4) is 0 Å². The fourth-order valence-corrected chi connectivity index (χ4v) is 4.03. The van der Waals surface area contributed by atoms with Crippen LogP contribution in [0.2, 0.25) is 0 Å². The first-order chi connectivity index (χ1) is 11.2. The van der Waals surface area contributed by atoms with Crippen LogP contribution in [0.25, 0.3) is 0 Å². The molecule has 0 radical (unpaired) electrons. The number of sulfone groups is 1. The number of benzene rings is 1. The molecule has 1 heterocycles. The molecule has 2 aromatic rings. The number of nitrogens with zero attached hydrogens (tertiary/aromatic N) is 1. The van der Waals surface area contributed by atoms with Crippen LogP contribution in [-0.4, -0.2) is 24.6 Å². The van der Waals surface area contributed by atoms with E-state index < -0.39 is 26.8 Å². The van der Waals surface area contributed by atoms with Gasteiger partial charge in [0, 0.05) is 11.1 Å². The third kappa shape index (κ3) is 4.39. The van der Waals surface area contributed by atoms with Crippen LogP contribution >= 0.6 is 11.3 Å². The zero-order valence-corrected chi connectivity index (χ0v) is 15.3. The molecule has 0 saturated heterocycles. The van der Waals surface area contributed by atoms with E-state index in [1.54, 1.807) is 12.3 Å². The van der Waals surface area contributed by atoms with E-state index >= 15 is 0 Å². The molecular formula is C16H19FN2O3S2. The standard InChI is InChI=1S/C16H19FN2O3S2/c1-4-15-18-13(8-23-15)9-24(21,22)11(3)16(20)19-12-6-5-10(2)14(17)7-12/h5-8,11H,4,9H2,1-3H3,(H,19,20). The van der Waals surface area contributed by atoms with Crippen molar-refractivity contribution in [1.82, 2.24) is 4.98 Å². The lowest BCUT2D eigenvalue weighted by molar-refractivity contribution is -0.115. The molecule has 2 rings (SSSR count). The van der Waals surface area contributed by atoms with Crippen molar-refractivity contribution >= 4 is 32.8 Å². The quantitative estimate of drug-likeness (QED) is 0.848. The van der Waals surface area contributed by atoms with E-state index in [1.165, 1.54) is 36.5 Å². The number of halogens is 1. The first kappa shape index (κ1) is 18.5. The van der Waals surface area contributed by atoms with Crippen LogP contribution in [0.4, 0.5) is 10.1 Å². The number of hydrogen-bond donors (Lipinski definition) is 1. The Morgan fingerprint density at radius 2 is 2.12 bits per heavy atom. The number of carbonyl (C=O) groups excluding carboxylic acids is 1. The van der Waals surface area contributed by atoms with E-state index in [1.807, 2.05) is 6.92 Å². The number of nitrogens with one attached hydrogen (secondary N) is 1. The van der Waals surface area contributed by atoms with Crippen molar-refractivity contribution in [1.29, 1.82) is 0 Å². The molecule has 0 saturated carbocycles. The molecule has 1 unspecified atom stereocenters. The molecule has 0 aliphatic rings. The zero-order valence-electron chi connectivity index (χ0n) is 13.7. The van der Waals surface area contributed by atoms with Crippen LogP contribution in [0, 0.1) is 12.7 Å². The van der Waals surface area contributed by atoms with E-state index in [9.17, 15) is 17.6 Å². The number of aryl methyl sites for hydroxylation is 2. The second kappa shape index (κ2) is 7.40. The monoisotopic (exact) mass is 370 g/mol. The zero-order chi connectivity index (χ0) is 17.9. The van der Waals surface area contributed by atoms with E-state index in [0.717, 1.165) is 11.4 Å². The third-order valence-corrected chi connectivity index (χ3v) is 6.63. The molecule has 1 aromatic carbocycles. The summed E-state index contributed by atoms with van der Waals surface area (Å²) in [5.74, 6) is -1.44. The fourth-order valence-electron chi connectivity index (χ4n) is 1.99. The van der Waals surface area contributed by atoms with Gasteiger partial charge in [0.1, 0.15) is 11.1 Å². The van der Waals surface area contributed by atoms with Crippen molar-refractivity contribution in [2.75, 3.05) is 5.32 Å². The first-order valence-electron chi connectivity index (χ1n) is 7.44. The van der Waals surface area contributed by atoms with Gasteiger partial charge in [-0.15, -0.1) is 11.3 Å². The number of amides is 1. The highest BCUT2D eigenvalue weighted by Crippen LogP contribution is 2.18. The Morgan fingerprint density at radius 1 is 1.42 bits per heavy atom. The second-order valence-electron chi connectivity index (χ2n) is 5.49. The summed E-state index contributed by atoms with van der Waals surface area (Å²) in [4.78, 5) is 16.4. The van der Waals surface area contributed by atoms with Crippen LogP contribution < -0.4 is 5.32 Å². The van der Waals surface area contributed by atoms with Gasteiger partial charge >= 0.3 is 0 Å². The van der Waals surface area contributed by atoms with E-state index in [0.29, 0.717) is 11.3 Å². The predicted molar refractivity (Wildman–Crippen MR) is 93.3 cm³/mol. The van der Waals surface area contributed by atoms with Crippen molar-refractivity contribution < 1.29 is 17.6 Å². The molecule has 0 spiro atoms. The lowest BCUT2D eigenvalue weighted by Gasteiger charge is -2.13. The number of anilines is 1. The van der Waals surface area contributed by atoms with E-state index in [4.69, 9.17) is 0 Å². The highest BCUT2D eigenvalue weighted by molar-refractivity contribution is 7.92. The van der Waals surface area contributed by atoms with Crippen molar-refractivity contribution in [2.45, 2.75) is 38.2 Å². The predicted octanol–water partition coefficient (Wildman–Crippen LogP) is 3.10. The Labute approximate surface area is 144 Å². The smallest absolute Gasteiger partial charge is 0.242 e. The van der Waals surface area contributed by atoms with Gasteiger partial charge in [-0.25, -0.2) is 17.8 Å². The Morgan fingerprint density at radius 3 is 2.71 bits per heavy atom. The third-order valence-electron chi connectivity index (χ3n) is 3.60. The number of carbonyl (C=O) groups is 1. The van der Waals surface area contributed by atoms with Crippen LogP contribution in [0.5, 0.6) is 0 Å². The molecule has 0 fully saturated rings. The fraction of sp³-hybridized carbons (Fsp3) is 0.375. The molecule has 0 aliphatic carbocycles. The van der Waals surface area contributed by atoms with Gasteiger partial charge in [-0.3, -0.25) is 4.79 Å². The lowest BCUT2D eigenvalue weighted by atomic mass is 10.2. The summed E-state index contributed by atoms with van der Waals surface area (Å²) in [7, 11) is -3.71. The Bertz CT molecular complexity index is 847. The molecule has 1 atom stereocenters. The lowest BCUT2D eigenvalue weighted by Crippen LogP contribution is -2.33. The number of hydrogen-bond acceptors (Lipinski definition) is 5. The maximum Gasteiger partial charge on any atom is 0.242 e. The van der Waals surface area contributed by atoms with Crippen molar-refractivity contribution in [3.05, 3.63) is 45.7 Å². The van der Waals surface area contributed by atoms with Crippen LogP contribution in [-0.2, 0) is 26.8 Å². The summed E-state index contributed by atoms with van der Waals surface area (Å²) < 4.78 is 38.3. The molecule has 1 N–H and O–H groups in total. The minimum Gasteiger partial charge on any atom is -0.325 e. The Kier molecular flexibility index (Phi) is 5.71. The van der Waals surface area contributed by atoms with Crippen molar-refractivity contribution in [3.8, 4) is 0 Å². The minimum atomic E-state index is -3.71. The molecule has 24 heavy (non-hydrogen) atoms. The minimum absolute atomic E-state index is 0.229. The average molecular weight is 370 g/mol. The van der Waals surface area contributed by atoms with E-state index in [2.05, 4.69) is 10.3 Å². The molecule has 1 aromatic heterocycles. The van der Waals surface area contributed by atoms with Crippen molar-refractivity contribution in [3.63, 3.8) is 0 Å². The van der Waals surface area contributed by atoms with Gasteiger partial charge < -0.3 is 5.32 Å². The normalized spacial score (nSPS) is 12.8. The highest BCUT2D eigenvalue weighted by atomic mass is 32.2. The molecule has 0 aliphatic heterocycles. The molecule has 1 amide bonds. The average Bonchev–Trinajstić information content (AvgIpc) is 2.97. The first-order valence-corrected chi connectivity index (χ1v) is 10.0. The van der Waals surface area contributed by atoms with Gasteiger partial charge in [0.2, 0.25) is 5.91 Å². The summed E-state index contributed by atoms with van der Waals surface area (Å²) in [5.41, 5.74) is 1.12. The van der Waals surface area contributed by atoms with Gasteiger partial charge in [0.05, 0.1) is 16.5 Å². The summed E-state index contributed by atoms with van der Waals surface area (Å²) in [6.07, 6.45) is 0.736. The topological polar surface area (TPSA) is 76.1 Å². The maximum absolute atomic E-state index is 13.5. The van der Waals surface area contributed by atoms with Crippen LogP contribution in [0.1, 0.15) is 30.1 Å². The van der Waals surface area contributed by atoms with Gasteiger partial charge in [-0.05, 0) is 38.0 Å². The summed E-state index contributed by atoms with van der Waals surface area (Å²) >= 11 is 1.40. The van der Waals surface area contributed by atoms with Gasteiger partial charge in [-0.2, -0.15) is 0 Å². The molecule has 0 bridgehead atoms. The molecular weight excluding hydrogens is 351 g/mol.